The number of halogens is 3. The molecule has 0 bridgehead atoms. The Hall–Kier alpha value is -2.18. The van der Waals surface area contributed by atoms with Crippen LogP contribution in [-0.4, -0.2) is 95.8 Å². The quantitative estimate of drug-likeness (QED) is 0.728. The zero-order valence-electron chi connectivity index (χ0n) is 16.4. The first kappa shape index (κ1) is 22.5. The van der Waals surface area contributed by atoms with E-state index in [-0.39, 0.29) is 5.91 Å². The van der Waals surface area contributed by atoms with Gasteiger partial charge in [0, 0.05) is 57.0 Å². The Labute approximate surface area is 171 Å². The molecule has 30 heavy (non-hydrogen) atoms. The molecular formula is C18H25F3N4O5. The van der Waals surface area contributed by atoms with E-state index in [1.165, 1.54) is 0 Å². The van der Waals surface area contributed by atoms with Crippen LogP contribution in [0.5, 0.6) is 0 Å². The van der Waals surface area contributed by atoms with Gasteiger partial charge >= 0.3 is 12.1 Å². The second kappa shape index (κ2) is 9.75. The van der Waals surface area contributed by atoms with E-state index in [0.29, 0.717) is 37.9 Å². The Morgan fingerprint density at radius 1 is 1.17 bits per heavy atom. The number of aromatic amines is 1. The van der Waals surface area contributed by atoms with Gasteiger partial charge in [-0.2, -0.15) is 18.3 Å². The number of carboxylic acids is 1. The molecular weight excluding hydrogens is 409 g/mol. The summed E-state index contributed by atoms with van der Waals surface area (Å²) >= 11 is 0. The van der Waals surface area contributed by atoms with E-state index >= 15 is 0 Å². The number of rotatable bonds is 3. The second-order valence-corrected chi connectivity index (χ2v) is 7.45. The van der Waals surface area contributed by atoms with Crippen molar-refractivity contribution in [1.29, 1.82) is 0 Å². The lowest BCUT2D eigenvalue weighted by Gasteiger charge is -2.30. The first-order valence-corrected chi connectivity index (χ1v) is 9.79. The van der Waals surface area contributed by atoms with Crippen LogP contribution in [0.1, 0.15) is 28.2 Å². The highest BCUT2D eigenvalue weighted by atomic mass is 19.4. The summed E-state index contributed by atoms with van der Waals surface area (Å²) in [6.45, 7) is 7.19. The number of hydrogen-bond donors (Lipinski definition) is 2. The molecule has 1 amide bonds. The van der Waals surface area contributed by atoms with Crippen LogP contribution >= 0.6 is 0 Å². The predicted octanol–water partition coefficient (Wildman–Crippen LogP) is 0.910. The highest BCUT2D eigenvalue weighted by Gasteiger charge is 2.38. The monoisotopic (exact) mass is 434 g/mol. The first-order chi connectivity index (χ1) is 14.3. The molecule has 3 aliphatic rings. The molecule has 2 fully saturated rings. The molecule has 3 aliphatic heterocycles. The van der Waals surface area contributed by atoms with Crippen LogP contribution < -0.4 is 0 Å². The summed E-state index contributed by atoms with van der Waals surface area (Å²) in [7, 11) is 0. The molecule has 2 saturated heterocycles. The molecule has 4 rings (SSSR count). The summed E-state index contributed by atoms with van der Waals surface area (Å²) in [5, 5.41) is 14.5. The zero-order valence-corrected chi connectivity index (χ0v) is 16.4. The molecule has 1 aromatic heterocycles. The third kappa shape index (κ3) is 5.70. The van der Waals surface area contributed by atoms with Crippen molar-refractivity contribution in [3.05, 3.63) is 17.0 Å². The second-order valence-electron chi connectivity index (χ2n) is 7.45. The number of amides is 1. The summed E-state index contributed by atoms with van der Waals surface area (Å²) in [4.78, 5) is 25.9. The first-order valence-electron chi connectivity index (χ1n) is 9.79. The Balaban J connectivity index is 0.000000318. The lowest BCUT2D eigenvalue weighted by molar-refractivity contribution is -0.192. The maximum Gasteiger partial charge on any atom is 0.490 e. The minimum Gasteiger partial charge on any atom is -0.475 e. The highest BCUT2D eigenvalue weighted by molar-refractivity contribution is 5.94. The summed E-state index contributed by atoms with van der Waals surface area (Å²) in [5.41, 5.74) is 2.82. The summed E-state index contributed by atoms with van der Waals surface area (Å²) in [6.07, 6.45) is -3.00. The van der Waals surface area contributed by atoms with Gasteiger partial charge in [0.2, 0.25) is 0 Å². The minimum absolute atomic E-state index is 0.0387. The number of hydrogen-bond acceptors (Lipinski definition) is 6. The molecule has 2 N–H and O–H groups in total. The fourth-order valence-corrected chi connectivity index (χ4v) is 3.69. The van der Waals surface area contributed by atoms with Crippen LogP contribution in [0, 0.1) is 5.92 Å². The van der Waals surface area contributed by atoms with Crippen molar-refractivity contribution >= 4 is 11.9 Å². The Morgan fingerprint density at radius 3 is 2.47 bits per heavy atom. The number of ether oxygens (including phenoxy) is 2. The molecule has 1 aromatic rings. The van der Waals surface area contributed by atoms with Crippen molar-refractivity contribution in [2.75, 3.05) is 52.6 Å². The largest absolute Gasteiger partial charge is 0.490 e. The van der Waals surface area contributed by atoms with Gasteiger partial charge in [0.15, 0.2) is 5.69 Å². The van der Waals surface area contributed by atoms with Gasteiger partial charge in [-0.3, -0.25) is 14.8 Å². The number of carboxylic acid groups (broad SMARTS) is 1. The summed E-state index contributed by atoms with van der Waals surface area (Å²) < 4.78 is 42.5. The fourth-order valence-electron chi connectivity index (χ4n) is 3.69. The summed E-state index contributed by atoms with van der Waals surface area (Å²) in [6, 6.07) is 0. The van der Waals surface area contributed by atoms with Crippen LogP contribution in [0.25, 0.3) is 0 Å². The normalized spacial score (nSPS) is 22.2. The molecule has 9 nitrogen and oxygen atoms in total. The fraction of sp³-hybridized carbons (Fsp3) is 0.722. The number of H-pyrrole nitrogens is 1. The number of aliphatic carboxylic acids is 1. The third-order valence-corrected chi connectivity index (χ3v) is 5.30. The average Bonchev–Trinajstić information content (AvgIpc) is 3.37. The molecule has 0 aliphatic carbocycles. The van der Waals surface area contributed by atoms with E-state index < -0.39 is 12.1 Å². The number of aromatic nitrogens is 2. The van der Waals surface area contributed by atoms with E-state index in [9.17, 15) is 18.0 Å². The van der Waals surface area contributed by atoms with Crippen LogP contribution in [-0.2, 0) is 27.2 Å². The lowest BCUT2D eigenvalue weighted by Crippen LogP contribution is -2.42. The third-order valence-electron chi connectivity index (χ3n) is 5.30. The molecule has 168 valence electrons. The molecule has 4 heterocycles. The minimum atomic E-state index is -5.08. The van der Waals surface area contributed by atoms with E-state index in [2.05, 4.69) is 15.1 Å². The van der Waals surface area contributed by atoms with Gasteiger partial charge < -0.3 is 19.5 Å². The molecule has 0 radical (unpaired) electrons. The molecule has 1 unspecified atom stereocenters. The van der Waals surface area contributed by atoms with E-state index in [0.717, 1.165) is 56.9 Å². The smallest absolute Gasteiger partial charge is 0.475 e. The molecule has 1 atom stereocenters. The number of nitrogens with zero attached hydrogens (tertiary/aromatic N) is 3. The van der Waals surface area contributed by atoms with Gasteiger partial charge in [0.1, 0.15) is 0 Å². The Bertz CT molecular complexity index is 743. The molecule has 0 spiro atoms. The van der Waals surface area contributed by atoms with Gasteiger partial charge in [0.05, 0.1) is 19.8 Å². The van der Waals surface area contributed by atoms with Crippen LogP contribution in [0.2, 0.25) is 0 Å². The molecule has 12 heteroatoms. The molecule has 0 saturated carbocycles. The maximum atomic E-state index is 12.7. The number of alkyl halides is 3. The van der Waals surface area contributed by atoms with E-state index in [1.807, 2.05) is 4.90 Å². The highest BCUT2D eigenvalue weighted by Crippen LogP contribution is 2.24. The van der Waals surface area contributed by atoms with Crippen molar-refractivity contribution in [3.8, 4) is 0 Å². The number of carbonyl (C=O) groups excluding carboxylic acids is 1. The van der Waals surface area contributed by atoms with Crippen molar-refractivity contribution in [1.82, 2.24) is 20.0 Å². The maximum absolute atomic E-state index is 12.7. The molecule has 0 aromatic carbocycles. The van der Waals surface area contributed by atoms with Gasteiger partial charge in [0.25, 0.3) is 5.91 Å². The van der Waals surface area contributed by atoms with Crippen LogP contribution in [0.4, 0.5) is 13.2 Å². The SMILES string of the molecule is O=C(O)C(F)(F)F.O=C(c1n[nH]c2c1CN(CC1CCOC1)CC2)N1CCOCC1. The number of nitrogens with one attached hydrogen (secondary N) is 1. The number of carbonyl (C=O) groups is 2. The summed E-state index contributed by atoms with van der Waals surface area (Å²) in [5.74, 6) is -2.09. The van der Waals surface area contributed by atoms with Gasteiger partial charge in [-0.15, -0.1) is 0 Å². The van der Waals surface area contributed by atoms with Gasteiger partial charge in [-0.1, -0.05) is 0 Å². The average molecular weight is 434 g/mol. The van der Waals surface area contributed by atoms with Crippen molar-refractivity contribution in [2.24, 2.45) is 5.92 Å². The van der Waals surface area contributed by atoms with Crippen LogP contribution in [0.3, 0.4) is 0 Å². The van der Waals surface area contributed by atoms with Crippen molar-refractivity contribution in [2.45, 2.75) is 25.6 Å². The topological polar surface area (TPSA) is 108 Å². The standard InChI is InChI=1S/C16H24N4O3.C2HF3O2/c21-16(20-4-7-22-8-5-20)15-13-10-19(3-1-14(13)17-18-15)9-12-2-6-23-11-12;3-2(4,5)1(6)7/h12H,1-11H2,(H,17,18);(H,6,7). The van der Waals surface area contributed by atoms with E-state index in [4.69, 9.17) is 19.4 Å². The van der Waals surface area contributed by atoms with Crippen LogP contribution in [0.15, 0.2) is 0 Å². The Morgan fingerprint density at radius 2 is 1.87 bits per heavy atom. The van der Waals surface area contributed by atoms with Crippen molar-refractivity contribution < 1.29 is 37.3 Å². The number of fused-ring (bicyclic) bond motifs is 1. The lowest BCUT2D eigenvalue weighted by atomic mass is 10.0. The Kier molecular flexibility index (Phi) is 7.32. The van der Waals surface area contributed by atoms with Gasteiger partial charge in [-0.25, -0.2) is 4.79 Å². The predicted molar refractivity (Wildman–Crippen MR) is 96.9 cm³/mol. The number of morpholine rings is 1. The zero-order chi connectivity index (χ0) is 21.7. The van der Waals surface area contributed by atoms with Crippen molar-refractivity contribution in [3.63, 3.8) is 0 Å². The van der Waals surface area contributed by atoms with E-state index in [1.54, 1.807) is 0 Å². The van der Waals surface area contributed by atoms with Gasteiger partial charge in [-0.05, 0) is 12.3 Å².